The van der Waals surface area contributed by atoms with Gasteiger partial charge < -0.3 is 15.6 Å². The van der Waals surface area contributed by atoms with E-state index in [9.17, 15) is 9.90 Å². The van der Waals surface area contributed by atoms with E-state index in [1.54, 1.807) is 23.4 Å². The van der Waals surface area contributed by atoms with Crippen LogP contribution in [0, 0.1) is 0 Å². The van der Waals surface area contributed by atoms with Crippen LogP contribution in [0.15, 0.2) is 48.8 Å². The van der Waals surface area contributed by atoms with Gasteiger partial charge in [-0.25, -0.2) is 4.79 Å². The molecule has 2 aromatic rings. The van der Waals surface area contributed by atoms with Crippen molar-refractivity contribution in [1.82, 2.24) is 9.88 Å². The minimum Gasteiger partial charge on any atom is -0.444 e. The first kappa shape index (κ1) is 27.4. The predicted molar refractivity (Wildman–Crippen MR) is 131 cm³/mol. The molecule has 1 saturated heterocycles. The number of aliphatic hydroxyl groups is 1. The number of ether oxygens (including phenoxy) is 1. The minimum atomic E-state index is -0.808. The Morgan fingerprint density at radius 3 is 2.31 bits per heavy atom. The molecule has 0 spiro atoms. The zero-order chi connectivity index (χ0) is 24.3. The van der Waals surface area contributed by atoms with E-state index in [1.165, 1.54) is 0 Å². The average molecular weight is 444 g/mol. The molecule has 0 radical (unpaired) electrons. The topological polar surface area (TPSA) is 88.7 Å². The van der Waals surface area contributed by atoms with Gasteiger partial charge in [-0.2, -0.15) is 0 Å². The molecule has 1 aliphatic heterocycles. The van der Waals surface area contributed by atoms with Crippen molar-refractivity contribution < 1.29 is 14.6 Å². The lowest BCUT2D eigenvalue weighted by Crippen LogP contribution is -2.47. The van der Waals surface area contributed by atoms with Crippen LogP contribution in [0.4, 0.5) is 10.5 Å². The molecule has 0 aliphatic carbocycles. The number of aromatic nitrogens is 1. The quantitative estimate of drug-likeness (QED) is 0.586. The molecule has 2 heterocycles. The van der Waals surface area contributed by atoms with Crippen molar-refractivity contribution in [3.05, 3.63) is 59.9 Å². The van der Waals surface area contributed by atoms with Crippen LogP contribution < -0.4 is 5.73 Å². The van der Waals surface area contributed by atoms with Gasteiger partial charge in [-0.15, -0.1) is 0 Å². The molecule has 1 unspecified atom stereocenters. The summed E-state index contributed by atoms with van der Waals surface area (Å²) < 4.78 is 5.67. The number of hydrogen-bond donors (Lipinski definition) is 2. The van der Waals surface area contributed by atoms with E-state index >= 15 is 0 Å². The van der Waals surface area contributed by atoms with Gasteiger partial charge in [0, 0.05) is 29.7 Å². The number of pyridine rings is 1. The number of hydrogen-bond acceptors (Lipinski definition) is 5. The molecule has 3 atom stereocenters. The van der Waals surface area contributed by atoms with E-state index in [0.29, 0.717) is 24.1 Å². The van der Waals surface area contributed by atoms with E-state index in [4.69, 9.17) is 10.5 Å². The molecule has 1 aliphatic rings. The highest BCUT2D eigenvalue weighted by Crippen LogP contribution is 2.35. The molecule has 32 heavy (non-hydrogen) atoms. The van der Waals surface area contributed by atoms with Crippen molar-refractivity contribution in [2.75, 3.05) is 5.73 Å². The lowest BCUT2D eigenvalue weighted by Gasteiger charge is -2.34. The molecule has 0 bridgehead atoms. The lowest BCUT2D eigenvalue weighted by molar-refractivity contribution is -0.00458. The van der Waals surface area contributed by atoms with Crippen molar-refractivity contribution in [1.29, 1.82) is 0 Å². The van der Waals surface area contributed by atoms with Crippen LogP contribution in [0.25, 0.3) is 0 Å². The molecule has 6 nitrogen and oxygen atoms in total. The Labute approximate surface area is 193 Å². The molecule has 1 fully saturated rings. The predicted octanol–water partition coefficient (Wildman–Crippen LogP) is 5.76. The monoisotopic (exact) mass is 443 g/mol. The molecule has 1 aromatic heterocycles. The number of nitrogen functional groups attached to an aromatic ring is 1. The Bertz CT molecular complexity index is 788. The van der Waals surface area contributed by atoms with Gasteiger partial charge in [0.05, 0.1) is 6.04 Å². The van der Waals surface area contributed by atoms with Gasteiger partial charge in [0.15, 0.2) is 0 Å². The molecular weight excluding hydrogens is 402 g/mol. The summed E-state index contributed by atoms with van der Waals surface area (Å²) in [6.45, 7) is 13.5. The average Bonchev–Trinajstić information content (AvgIpc) is 3.21. The van der Waals surface area contributed by atoms with Crippen molar-refractivity contribution in [2.24, 2.45) is 0 Å². The summed E-state index contributed by atoms with van der Waals surface area (Å²) in [6, 6.07) is 10.9. The summed E-state index contributed by atoms with van der Waals surface area (Å²) in [5, 5.41) is 11.0. The number of benzene rings is 1. The number of nitrogens with two attached hydrogens (primary N) is 1. The molecule has 0 saturated carbocycles. The Balaban J connectivity index is 0.00000121. The summed E-state index contributed by atoms with van der Waals surface area (Å²) >= 11 is 0. The third kappa shape index (κ3) is 7.83. The molecule has 3 N–H and O–H groups in total. The highest BCUT2D eigenvalue weighted by atomic mass is 16.6. The molecule has 1 aromatic carbocycles. The van der Waals surface area contributed by atoms with Crippen LogP contribution in [0.2, 0.25) is 0 Å². The van der Waals surface area contributed by atoms with Gasteiger partial charge in [0.25, 0.3) is 0 Å². The van der Waals surface area contributed by atoms with E-state index < -0.39 is 17.8 Å². The first-order chi connectivity index (χ1) is 15.2. The van der Waals surface area contributed by atoms with Gasteiger partial charge in [0.1, 0.15) is 11.7 Å². The van der Waals surface area contributed by atoms with Crippen molar-refractivity contribution in [2.45, 2.75) is 91.5 Å². The largest absolute Gasteiger partial charge is 0.444 e. The number of likely N-dealkylation sites (tertiary alicyclic amines) is 1. The maximum absolute atomic E-state index is 13.0. The molecule has 178 valence electrons. The number of carbonyl (C=O) groups is 1. The summed E-state index contributed by atoms with van der Waals surface area (Å²) in [5.74, 6) is 0. The number of carbonyl (C=O) groups excluding carboxylic acids is 1. The fraction of sp³-hybridized carbons (Fsp3) is 0.538. The van der Waals surface area contributed by atoms with Crippen molar-refractivity contribution in [3.8, 4) is 0 Å². The second-order valence-electron chi connectivity index (χ2n) is 8.36. The summed E-state index contributed by atoms with van der Waals surface area (Å²) in [4.78, 5) is 18.8. The zero-order valence-electron chi connectivity index (χ0n) is 20.7. The first-order valence-electron chi connectivity index (χ1n) is 11.7. The second kappa shape index (κ2) is 13.1. The van der Waals surface area contributed by atoms with Gasteiger partial charge in [-0.05, 0) is 63.8 Å². The third-order valence-electron chi connectivity index (χ3n) is 4.99. The fourth-order valence-electron chi connectivity index (χ4n) is 3.72. The summed E-state index contributed by atoms with van der Waals surface area (Å²) in [6.07, 6.45) is 4.30. The van der Waals surface area contributed by atoms with E-state index in [0.717, 1.165) is 12.0 Å². The van der Waals surface area contributed by atoms with Gasteiger partial charge in [-0.3, -0.25) is 9.88 Å². The molecule has 1 amide bonds. The third-order valence-corrected chi connectivity index (χ3v) is 4.99. The number of aliphatic hydroxyl groups excluding tert-OH is 1. The molecular formula is C26H41N3O3. The number of amides is 1. The fourth-order valence-corrected chi connectivity index (χ4v) is 3.72. The zero-order valence-corrected chi connectivity index (χ0v) is 20.7. The van der Waals surface area contributed by atoms with Gasteiger partial charge in [0.2, 0.25) is 0 Å². The standard InChI is InChI=1S/C22H29N3O3.2C2H6/c1-22(2,3)28-21(27)25-18(13-15-6-8-17(23)9-7-15)10-11-19(25)20(26)16-5-4-12-24-14-16;2*1-2/h4-9,12,14,18-20,26H,10-11,13,23H2,1-3H3;2*1-2H3/t18?,19-,20-;;/m1../s1. The summed E-state index contributed by atoms with van der Waals surface area (Å²) in [5.41, 5.74) is 7.70. The van der Waals surface area contributed by atoms with E-state index in [-0.39, 0.29) is 12.1 Å². The number of rotatable bonds is 4. The Morgan fingerprint density at radius 1 is 1.16 bits per heavy atom. The Morgan fingerprint density at radius 2 is 1.78 bits per heavy atom. The number of anilines is 1. The van der Waals surface area contributed by atoms with Crippen LogP contribution in [0.5, 0.6) is 0 Å². The Hall–Kier alpha value is -2.60. The second-order valence-corrected chi connectivity index (χ2v) is 8.36. The van der Waals surface area contributed by atoms with Crippen LogP contribution in [-0.2, 0) is 11.2 Å². The van der Waals surface area contributed by atoms with Crippen molar-refractivity contribution >= 4 is 11.8 Å². The lowest BCUT2D eigenvalue weighted by atomic mass is 10.0. The first-order valence-corrected chi connectivity index (χ1v) is 11.7. The SMILES string of the molecule is CC.CC.CC(C)(C)OC(=O)N1C(Cc2ccc(N)cc2)CC[C@@H]1[C@H](O)c1cccnc1. The normalized spacial score (nSPS) is 18.6. The number of nitrogens with zero attached hydrogens (tertiary/aromatic N) is 2. The maximum Gasteiger partial charge on any atom is 0.410 e. The minimum absolute atomic E-state index is 0.0465. The molecule has 6 heteroatoms. The van der Waals surface area contributed by atoms with Crippen molar-refractivity contribution in [3.63, 3.8) is 0 Å². The highest BCUT2D eigenvalue weighted by molar-refractivity contribution is 5.69. The van der Waals surface area contributed by atoms with Crippen LogP contribution in [0.1, 0.15) is 78.5 Å². The van der Waals surface area contributed by atoms with Crippen LogP contribution >= 0.6 is 0 Å². The van der Waals surface area contributed by atoms with Gasteiger partial charge in [-0.1, -0.05) is 45.9 Å². The summed E-state index contributed by atoms with van der Waals surface area (Å²) in [7, 11) is 0. The smallest absolute Gasteiger partial charge is 0.410 e. The van der Waals surface area contributed by atoms with Gasteiger partial charge >= 0.3 is 6.09 Å². The van der Waals surface area contributed by atoms with E-state index in [2.05, 4.69) is 4.98 Å². The molecule has 3 rings (SSSR count). The maximum atomic E-state index is 13.0. The van der Waals surface area contributed by atoms with Crippen LogP contribution in [0.3, 0.4) is 0 Å². The van der Waals surface area contributed by atoms with E-state index in [1.807, 2.05) is 78.8 Å². The highest BCUT2D eigenvalue weighted by Gasteiger charge is 2.42. The Kier molecular flexibility index (Phi) is 11.2. The van der Waals surface area contributed by atoms with Crippen LogP contribution in [-0.4, -0.2) is 38.8 Å².